The van der Waals surface area contributed by atoms with Gasteiger partial charge in [0.15, 0.2) is 0 Å². The van der Waals surface area contributed by atoms with E-state index in [-0.39, 0.29) is 5.56 Å². The number of benzene rings is 2. The van der Waals surface area contributed by atoms with Crippen LogP contribution >= 0.6 is 0 Å². The van der Waals surface area contributed by atoms with E-state index in [2.05, 4.69) is 22.2 Å². The highest BCUT2D eigenvalue weighted by atomic mass is 19.3. The molecule has 2 aromatic carbocycles. The van der Waals surface area contributed by atoms with Gasteiger partial charge in [0, 0.05) is 17.2 Å². The molecule has 1 aliphatic carbocycles. The minimum absolute atomic E-state index is 0.182. The molecule has 1 fully saturated rings. The van der Waals surface area contributed by atoms with Gasteiger partial charge in [0.1, 0.15) is 11.6 Å². The molecule has 1 amide bonds. The number of rotatable bonds is 14. The van der Waals surface area contributed by atoms with Crippen molar-refractivity contribution < 1.29 is 27.5 Å². The van der Waals surface area contributed by atoms with Gasteiger partial charge in [-0.1, -0.05) is 68.8 Å². The maximum Gasteiger partial charge on any atom is 0.437 e. The number of hydrogen-bond donors (Lipinski definition) is 1. The van der Waals surface area contributed by atoms with Crippen LogP contribution in [-0.4, -0.2) is 18.9 Å². The number of carbonyl (C=O) groups excluding carboxylic acids is 1. The second-order valence-corrected chi connectivity index (χ2v) is 8.84. The van der Waals surface area contributed by atoms with E-state index in [0.29, 0.717) is 30.9 Å². The highest BCUT2D eigenvalue weighted by Crippen LogP contribution is 2.50. The molecule has 8 heteroatoms. The Morgan fingerprint density at radius 3 is 2.43 bits per heavy atom. The van der Waals surface area contributed by atoms with Crippen LogP contribution in [-0.2, 0) is 10.8 Å². The van der Waals surface area contributed by atoms with Gasteiger partial charge in [0.05, 0.1) is 18.4 Å². The Morgan fingerprint density at radius 1 is 1.06 bits per heavy atom. The van der Waals surface area contributed by atoms with Crippen molar-refractivity contribution in [2.24, 2.45) is 11.1 Å². The first-order valence-corrected chi connectivity index (χ1v) is 12.3. The van der Waals surface area contributed by atoms with Gasteiger partial charge in [-0.25, -0.2) is 18.0 Å². The van der Waals surface area contributed by atoms with Gasteiger partial charge in [-0.05, 0) is 43.5 Å². The van der Waals surface area contributed by atoms with Crippen LogP contribution in [0.2, 0.25) is 0 Å². The van der Waals surface area contributed by atoms with Crippen molar-refractivity contribution in [3.05, 3.63) is 59.4 Å². The van der Waals surface area contributed by atoms with Gasteiger partial charge < -0.3 is 4.74 Å². The molecular formula is C27H33F3N2O3. The number of unbranched alkanes of at least 4 members (excludes halogenated alkanes) is 6. The fourth-order valence-corrected chi connectivity index (χ4v) is 3.73. The first-order chi connectivity index (χ1) is 16.9. The van der Waals surface area contributed by atoms with Crippen LogP contribution in [0.1, 0.15) is 75.8 Å². The monoisotopic (exact) mass is 490 g/mol. The molecular weight excluding hydrogens is 457 g/mol. The maximum atomic E-state index is 14.5. The molecule has 35 heavy (non-hydrogen) atoms. The number of nitrogens with one attached hydrogen (secondary N) is 1. The van der Waals surface area contributed by atoms with Crippen molar-refractivity contribution in [1.29, 1.82) is 0 Å². The number of oxime groups is 1. The standard InChI is InChI=1S/C27H33F3N2O3/c1-2-3-4-5-6-7-8-18-34-23-16-14-22(15-17-23)32-26(33)35-31-19-20-10-9-11-24(25(20)28)27(29,30)21-12-13-21/h9-11,14-17,19,21H,2-8,12-13,18H2,1H3,(H,32,33)/b31-19+. The summed E-state index contributed by atoms with van der Waals surface area (Å²) in [6, 6.07) is 10.5. The first kappa shape index (κ1) is 26.6. The second-order valence-electron chi connectivity index (χ2n) is 8.84. The van der Waals surface area contributed by atoms with E-state index >= 15 is 0 Å². The average Bonchev–Trinajstić information content (AvgIpc) is 3.69. The van der Waals surface area contributed by atoms with Crippen molar-refractivity contribution >= 4 is 18.0 Å². The van der Waals surface area contributed by atoms with Gasteiger partial charge in [0.2, 0.25) is 0 Å². The lowest BCUT2D eigenvalue weighted by molar-refractivity contribution is -0.0318. The number of amides is 1. The van der Waals surface area contributed by atoms with Crippen molar-refractivity contribution in [2.45, 2.75) is 70.6 Å². The second kappa shape index (κ2) is 13.2. The van der Waals surface area contributed by atoms with Crippen LogP contribution in [0.25, 0.3) is 0 Å². The van der Waals surface area contributed by atoms with Crippen LogP contribution in [0.4, 0.5) is 23.7 Å². The Labute approximate surface area is 204 Å². The van der Waals surface area contributed by atoms with Crippen LogP contribution in [0, 0.1) is 11.7 Å². The summed E-state index contributed by atoms with van der Waals surface area (Å²) < 4.78 is 48.8. The maximum absolute atomic E-state index is 14.5. The highest BCUT2D eigenvalue weighted by Gasteiger charge is 2.49. The molecule has 0 saturated heterocycles. The number of halogens is 3. The fraction of sp³-hybridized carbons (Fsp3) is 0.481. The minimum Gasteiger partial charge on any atom is -0.494 e. The lowest BCUT2D eigenvalue weighted by Gasteiger charge is -2.17. The molecule has 2 aromatic rings. The molecule has 190 valence electrons. The summed E-state index contributed by atoms with van der Waals surface area (Å²) in [4.78, 5) is 16.6. The summed E-state index contributed by atoms with van der Waals surface area (Å²) in [6.45, 7) is 2.85. The van der Waals surface area contributed by atoms with E-state index in [1.165, 1.54) is 44.2 Å². The Morgan fingerprint density at radius 2 is 1.74 bits per heavy atom. The van der Waals surface area contributed by atoms with Crippen molar-refractivity contribution in [3.63, 3.8) is 0 Å². The van der Waals surface area contributed by atoms with Gasteiger partial charge >= 0.3 is 6.09 Å². The normalized spacial score (nSPS) is 13.7. The number of carbonyl (C=O) groups is 1. The Bertz CT molecular complexity index is 976. The predicted molar refractivity (Wildman–Crippen MR) is 131 cm³/mol. The van der Waals surface area contributed by atoms with E-state index in [1.807, 2.05) is 0 Å². The molecule has 1 N–H and O–H groups in total. The van der Waals surface area contributed by atoms with E-state index in [9.17, 15) is 18.0 Å². The topological polar surface area (TPSA) is 59.9 Å². The highest BCUT2D eigenvalue weighted by molar-refractivity contribution is 5.86. The predicted octanol–water partition coefficient (Wildman–Crippen LogP) is 8.04. The van der Waals surface area contributed by atoms with Gasteiger partial charge in [0.25, 0.3) is 5.92 Å². The summed E-state index contributed by atoms with van der Waals surface area (Å²) >= 11 is 0. The molecule has 1 aliphatic rings. The quantitative estimate of drug-likeness (QED) is 0.126. The summed E-state index contributed by atoms with van der Waals surface area (Å²) in [5, 5.41) is 5.92. The average molecular weight is 491 g/mol. The van der Waals surface area contributed by atoms with E-state index < -0.39 is 29.3 Å². The van der Waals surface area contributed by atoms with E-state index in [4.69, 9.17) is 4.74 Å². The Balaban J connectivity index is 1.40. The number of hydrogen-bond acceptors (Lipinski definition) is 4. The first-order valence-electron chi connectivity index (χ1n) is 12.3. The lowest BCUT2D eigenvalue weighted by Crippen LogP contribution is -2.19. The molecule has 0 radical (unpaired) electrons. The smallest absolute Gasteiger partial charge is 0.437 e. The SMILES string of the molecule is CCCCCCCCCOc1ccc(NC(=O)O/N=C/c2cccc(C(F)(F)C3CC3)c2F)cc1. The van der Waals surface area contributed by atoms with Crippen LogP contribution in [0.3, 0.4) is 0 Å². The zero-order valence-corrected chi connectivity index (χ0v) is 20.1. The number of ether oxygens (including phenoxy) is 1. The molecule has 0 aromatic heterocycles. The molecule has 5 nitrogen and oxygen atoms in total. The van der Waals surface area contributed by atoms with Gasteiger partial charge in [-0.15, -0.1) is 0 Å². The molecule has 3 rings (SSSR count). The van der Waals surface area contributed by atoms with Crippen molar-refractivity contribution in [3.8, 4) is 5.75 Å². The molecule has 0 heterocycles. The van der Waals surface area contributed by atoms with Crippen molar-refractivity contribution in [1.82, 2.24) is 0 Å². The molecule has 0 aliphatic heterocycles. The van der Waals surface area contributed by atoms with Gasteiger partial charge in [-0.3, -0.25) is 10.2 Å². The number of alkyl halides is 2. The summed E-state index contributed by atoms with van der Waals surface area (Å²) in [5.74, 6) is -4.42. The summed E-state index contributed by atoms with van der Waals surface area (Å²) in [7, 11) is 0. The van der Waals surface area contributed by atoms with E-state index in [0.717, 1.165) is 25.1 Å². The minimum atomic E-state index is -3.23. The zero-order valence-electron chi connectivity index (χ0n) is 20.1. The lowest BCUT2D eigenvalue weighted by atomic mass is 10.0. The fourth-order valence-electron chi connectivity index (χ4n) is 3.73. The van der Waals surface area contributed by atoms with Gasteiger partial charge in [-0.2, -0.15) is 0 Å². The Hall–Kier alpha value is -3.03. The third-order valence-electron chi connectivity index (χ3n) is 5.92. The third-order valence-corrected chi connectivity index (χ3v) is 5.92. The van der Waals surface area contributed by atoms with Crippen LogP contribution in [0.15, 0.2) is 47.6 Å². The number of anilines is 1. The molecule has 0 atom stereocenters. The molecule has 0 bridgehead atoms. The Kier molecular flexibility index (Phi) is 9.99. The number of nitrogens with zero attached hydrogens (tertiary/aromatic N) is 1. The largest absolute Gasteiger partial charge is 0.494 e. The van der Waals surface area contributed by atoms with Crippen molar-refractivity contribution in [2.75, 3.05) is 11.9 Å². The zero-order chi connectivity index (χ0) is 25.1. The summed E-state index contributed by atoms with van der Waals surface area (Å²) in [6.07, 6.45) is 9.24. The van der Waals surface area contributed by atoms with E-state index in [1.54, 1.807) is 24.3 Å². The molecule has 0 unspecified atom stereocenters. The summed E-state index contributed by atoms with van der Waals surface area (Å²) in [5.41, 5.74) is -0.383. The third kappa shape index (κ3) is 8.30. The molecule has 0 spiro atoms. The van der Waals surface area contributed by atoms with Crippen LogP contribution < -0.4 is 10.1 Å². The molecule has 1 saturated carbocycles. The van der Waals surface area contributed by atoms with Crippen LogP contribution in [0.5, 0.6) is 5.75 Å².